The minimum atomic E-state index is -0.820. The minimum absolute atomic E-state index is 0.0971. The standard InChI is InChI=1S/C23H13BrF2N4O/c24-14-9-11-16(12-10-14)30-22(20-18(25)7-4-8-19(20)26)27-21-17(23(30)31)13-29(28-21)15-5-2-1-3-6-15/h1-13H. The molecule has 3 aromatic carbocycles. The van der Waals surface area contributed by atoms with Gasteiger partial charge in [-0.1, -0.05) is 40.2 Å². The van der Waals surface area contributed by atoms with Gasteiger partial charge in [0.05, 0.1) is 16.9 Å². The first-order valence-electron chi connectivity index (χ1n) is 9.31. The lowest BCUT2D eigenvalue weighted by Gasteiger charge is -2.13. The van der Waals surface area contributed by atoms with Gasteiger partial charge in [0.25, 0.3) is 5.56 Å². The van der Waals surface area contributed by atoms with E-state index in [-0.39, 0.29) is 16.9 Å². The van der Waals surface area contributed by atoms with Crippen molar-refractivity contribution in [2.24, 2.45) is 0 Å². The van der Waals surface area contributed by atoms with Crippen molar-refractivity contribution in [1.29, 1.82) is 0 Å². The van der Waals surface area contributed by atoms with E-state index in [1.165, 1.54) is 15.3 Å². The van der Waals surface area contributed by atoms with Crippen LogP contribution in [0.5, 0.6) is 0 Å². The molecule has 0 N–H and O–H groups in total. The summed E-state index contributed by atoms with van der Waals surface area (Å²) in [6, 6.07) is 19.5. The van der Waals surface area contributed by atoms with Gasteiger partial charge in [-0.3, -0.25) is 9.36 Å². The summed E-state index contributed by atoms with van der Waals surface area (Å²) in [5.74, 6) is -1.80. The lowest BCUT2D eigenvalue weighted by atomic mass is 10.1. The van der Waals surface area contributed by atoms with Crippen molar-refractivity contribution < 1.29 is 8.78 Å². The van der Waals surface area contributed by atoms with Crippen LogP contribution in [0.4, 0.5) is 8.78 Å². The second-order valence-corrected chi connectivity index (χ2v) is 7.71. The summed E-state index contributed by atoms with van der Waals surface area (Å²) in [5, 5.41) is 4.61. The van der Waals surface area contributed by atoms with E-state index in [2.05, 4.69) is 26.0 Å². The summed E-state index contributed by atoms with van der Waals surface area (Å²) in [4.78, 5) is 17.9. The van der Waals surface area contributed by atoms with E-state index in [1.54, 1.807) is 30.5 Å². The van der Waals surface area contributed by atoms with Crippen LogP contribution < -0.4 is 5.56 Å². The predicted molar refractivity (Wildman–Crippen MR) is 118 cm³/mol. The molecule has 0 aliphatic rings. The molecule has 0 saturated carbocycles. The van der Waals surface area contributed by atoms with Gasteiger partial charge < -0.3 is 0 Å². The highest BCUT2D eigenvalue weighted by Crippen LogP contribution is 2.27. The maximum atomic E-state index is 14.7. The van der Waals surface area contributed by atoms with E-state index in [0.717, 1.165) is 22.3 Å². The fraction of sp³-hybridized carbons (Fsp3) is 0. The zero-order chi connectivity index (χ0) is 21.5. The van der Waals surface area contributed by atoms with Crippen LogP contribution in [0.2, 0.25) is 0 Å². The maximum absolute atomic E-state index is 14.7. The number of benzene rings is 3. The van der Waals surface area contributed by atoms with E-state index < -0.39 is 22.8 Å². The fourth-order valence-electron chi connectivity index (χ4n) is 3.39. The first-order chi connectivity index (χ1) is 15.0. The largest absolute Gasteiger partial charge is 0.269 e. The average Bonchev–Trinajstić information content (AvgIpc) is 3.20. The van der Waals surface area contributed by atoms with Gasteiger partial charge in [0.2, 0.25) is 0 Å². The highest BCUT2D eigenvalue weighted by Gasteiger charge is 2.22. The molecule has 0 amide bonds. The number of para-hydroxylation sites is 1. The van der Waals surface area contributed by atoms with Gasteiger partial charge >= 0.3 is 0 Å². The SMILES string of the molecule is O=c1c2cn(-c3ccccc3)nc2nc(-c2c(F)cccc2F)n1-c1ccc(Br)cc1. The molecule has 31 heavy (non-hydrogen) atoms. The molecule has 0 spiro atoms. The number of fused-ring (bicyclic) bond motifs is 1. The van der Waals surface area contributed by atoms with Crippen molar-refractivity contribution in [3.63, 3.8) is 0 Å². The van der Waals surface area contributed by atoms with E-state index in [0.29, 0.717) is 5.69 Å². The molecule has 8 heteroatoms. The molecule has 0 unspecified atom stereocenters. The van der Waals surface area contributed by atoms with E-state index >= 15 is 0 Å². The summed E-state index contributed by atoms with van der Waals surface area (Å²) in [6.45, 7) is 0. The third-order valence-electron chi connectivity index (χ3n) is 4.84. The maximum Gasteiger partial charge on any atom is 0.269 e. The molecule has 2 heterocycles. The van der Waals surface area contributed by atoms with Gasteiger partial charge in [-0.2, -0.15) is 0 Å². The molecular weight excluding hydrogens is 466 g/mol. The zero-order valence-corrected chi connectivity index (χ0v) is 17.4. The van der Waals surface area contributed by atoms with Crippen LogP contribution >= 0.6 is 15.9 Å². The van der Waals surface area contributed by atoms with E-state index in [4.69, 9.17) is 0 Å². The Bertz CT molecular complexity index is 1460. The fourth-order valence-corrected chi connectivity index (χ4v) is 3.65. The Labute approximate surface area is 183 Å². The number of nitrogens with zero attached hydrogens (tertiary/aromatic N) is 4. The Balaban J connectivity index is 1.86. The van der Waals surface area contributed by atoms with Crippen LogP contribution in [0.25, 0.3) is 33.8 Å². The lowest BCUT2D eigenvalue weighted by molar-refractivity contribution is 0.586. The normalized spacial score (nSPS) is 11.2. The first kappa shape index (κ1) is 19.3. The summed E-state index contributed by atoms with van der Waals surface area (Å²) in [7, 11) is 0. The van der Waals surface area contributed by atoms with Gasteiger partial charge in [0.1, 0.15) is 17.0 Å². The zero-order valence-electron chi connectivity index (χ0n) is 15.8. The third kappa shape index (κ3) is 3.34. The molecule has 0 aliphatic carbocycles. The Morgan fingerprint density at radius 3 is 2.16 bits per heavy atom. The van der Waals surface area contributed by atoms with Gasteiger partial charge in [-0.25, -0.2) is 18.4 Å². The molecule has 0 radical (unpaired) electrons. The van der Waals surface area contributed by atoms with E-state index in [9.17, 15) is 13.6 Å². The molecule has 5 rings (SSSR count). The first-order valence-corrected chi connectivity index (χ1v) is 10.1. The topological polar surface area (TPSA) is 52.7 Å². The van der Waals surface area contributed by atoms with Gasteiger partial charge in [-0.15, -0.1) is 5.10 Å². The van der Waals surface area contributed by atoms with Crippen LogP contribution in [0.15, 0.2) is 88.3 Å². The second kappa shape index (κ2) is 7.55. The molecular formula is C23H13BrF2N4O. The molecule has 0 atom stereocenters. The molecule has 0 bridgehead atoms. The lowest BCUT2D eigenvalue weighted by Crippen LogP contribution is -2.22. The molecule has 152 valence electrons. The quantitative estimate of drug-likeness (QED) is 0.354. The Kier molecular flexibility index (Phi) is 4.71. The monoisotopic (exact) mass is 478 g/mol. The number of halogens is 3. The average molecular weight is 479 g/mol. The van der Waals surface area contributed by atoms with Crippen molar-refractivity contribution in [3.05, 3.63) is 105 Å². The highest BCUT2D eigenvalue weighted by atomic mass is 79.9. The van der Waals surface area contributed by atoms with E-state index in [1.807, 2.05) is 30.3 Å². The number of rotatable bonds is 3. The number of hydrogen-bond acceptors (Lipinski definition) is 3. The van der Waals surface area contributed by atoms with Gasteiger partial charge in [0.15, 0.2) is 11.5 Å². The Hall–Kier alpha value is -3.65. The highest BCUT2D eigenvalue weighted by molar-refractivity contribution is 9.10. The van der Waals surface area contributed by atoms with Crippen molar-refractivity contribution in [1.82, 2.24) is 19.3 Å². The predicted octanol–water partition coefficient (Wildman–Crippen LogP) is 5.28. The van der Waals surface area contributed by atoms with Crippen LogP contribution in [-0.4, -0.2) is 19.3 Å². The summed E-state index contributed by atoms with van der Waals surface area (Å²) >= 11 is 3.36. The Morgan fingerprint density at radius 2 is 1.48 bits per heavy atom. The molecule has 0 saturated heterocycles. The van der Waals surface area contributed by atoms with Crippen molar-refractivity contribution in [2.75, 3.05) is 0 Å². The molecule has 5 nitrogen and oxygen atoms in total. The summed E-state index contributed by atoms with van der Waals surface area (Å²) in [6.07, 6.45) is 1.57. The molecule has 0 aliphatic heterocycles. The van der Waals surface area contributed by atoms with Crippen LogP contribution in [0, 0.1) is 11.6 Å². The molecule has 5 aromatic rings. The van der Waals surface area contributed by atoms with Crippen molar-refractivity contribution >= 4 is 27.0 Å². The molecule has 0 fully saturated rings. The van der Waals surface area contributed by atoms with Gasteiger partial charge in [0, 0.05) is 10.7 Å². The Morgan fingerprint density at radius 1 is 0.806 bits per heavy atom. The van der Waals surface area contributed by atoms with Crippen LogP contribution in [-0.2, 0) is 0 Å². The van der Waals surface area contributed by atoms with Crippen molar-refractivity contribution in [3.8, 4) is 22.8 Å². The summed E-state index contributed by atoms with van der Waals surface area (Å²) in [5.41, 5.74) is 0.382. The minimum Gasteiger partial charge on any atom is -0.268 e. The van der Waals surface area contributed by atoms with Crippen LogP contribution in [0.1, 0.15) is 0 Å². The summed E-state index contributed by atoms with van der Waals surface area (Å²) < 4.78 is 32.9. The van der Waals surface area contributed by atoms with Crippen LogP contribution in [0.3, 0.4) is 0 Å². The smallest absolute Gasteiger partial charge is 0.268 e. The molecule has 2 aromatic heterocycles. The number of aromatic nitrogens is 4. The van der Waals surface area contributed by atoms with Gasteiger partial charge in [-0.05, 0) is 48.5 Å². The van der Waals surface area contributed by atoms with Crippen molar-refractivity contribution in [2.45, 2.75) is 0 Å². The number of hydrogen-bond donors (Lipinski definition) is 0. The third-order valence-corrected chi connectivity index (χ3v) is 5.37. The second-order valence-electron chi connectivity index (χ2n) is 6.80.